The first-order valence-electron chi connectivity index (χ1n) is 7.91. The van der Waals surface area contributed by atoms with Crippen molar-refractivity contribution in [2.75, 3.05) is 19.6 Å². The Hall–Kier alpha value is -1.43. The van der Waals surface area contributed by atoms with Crippen molar-refractivity contribution in [1.29, 1.82) is 0 Å². The van der Waals surface area contributed by atoms with E-state index in [2.05, 4.69) is 17.2 Å². The van der Waals surface area contributed by atoms with E-state index >= 15 is 0 Å². The number of benzene rings is 1. The van der Waals surface area contributed by atoms with Crippen molar-refractivity contribution < 1.29 is 4.79 Å². The van der Waals surface area contributed by atoms with Crippen LogP contribution in [0.1, 0.15) is 39.6 Å². The summed E-state index contributed by atoms with van der Waals surface area (Å²) in [5, 5.41) is 5.09. The van der Waals surface area contributed by atoms with Crippen LogP contribution in [0.2, 0.25) is 5.02 Å². The van der Waals surface area contributed by atoms with Crippen molar-refractivity contribution in [3.8, 4) is 0 Å². The number of thiazole rings is 1. The van der Waals surface area contributed by atoms with E-state index in [-0.39, 0.29) is 11.9 Å². The quantitative estimate of drug-likeness (QED) is 0.918. The van der Waals surface area contributed by atoms with Gasteiger partial charge in [0.15, 0.2) is 0 Å². The van der Waals surface area contributed by atoms with Gasteiger partial charge < -0.3 is 10.2 Å². The van der Waals surface area contributed by atoms with E-state index in [1.54, 1.807) is 6.20 Å². The Kier molecular flexibility index (Phi) is 5.30. The number of halogens is 1. The summed E-state index contributed by atoms with van der Waals surface area (Å²) >= 11 is 7.85. The monoisotopic (exact) mass is 349 g/mol. The number of aryl methyl sites for hydroxylation is 1. The predicted octanol–water partition coefficient (Wildman–Crippen LogP) is 3.54. The SMILES string of the molecule is CCCc1ncc(C(=O)N2CCNCC2c2ccccc2Cl)s1. The highest BCUT2D eigenvalue weighted by Gasteiger charge is 2.30. The molecule has 0 saturated carbocycles. The molecule has 0 radical (unpaired) electrons. The summed E-state index contributed by atoms with van der Waals surface area (Å²) in [6.45, 7) is 4.31. The second-order valence-corrected chi connectivity index (χ2v) is 7.13. The minimum atomic E-state index is -0.0401. The minimum Gasteiger partial charge on any atom is -0.328 e. The van der Waals surface area contributed by atoms with Crippen LogP contribution in [0.3, 0.4) is 0 Å². The lowest BCUT2D eigenvalue weighted by Crippen LogP contribution is -2.48. The molecule has 1 unspecified atom stereocenters. The van der Waals surface area contributed by atoms with Gasteiger partial charge in [0.05, 0.1) is 17.2 Å². The van der Waals surface area contributed by atoms with E-state index in [4.69, 9.17) is 11.6 Å². The lowest BCUT2D eigenvalue weighted by molar-refractivity contribution is 0.0639. The summed E-state index contributed by atoms with van der Waals surface area (Å²) in [5.74, 6) is 0.0521. The molecular weight excluding hydrogens is 330 g/mol. The summed E-state index contributed by atoms with van der Waals surface area (Å²) in [6, 6.07) is 7.70. The molecule has 1 atom stereocenters. The molecule has 0 spiro atoms. The van der Waals surface area contributed by atoms with Crippen LogP contribution in [0.15, 0.2) is 30.5 Å². The first kappa shape index (κ1) is 16.4. The van der Waals surface area contributed by atoms with Crippen LogP contribution in [0, 0.1) is 0 Å². The molecule has 1 saturated heterocycles. The van der Waals surface area contributed by atoms with Crippen LogP contribution in [0.4, 0.5) is 0 Å². The van der Waals surface area contributed by atoms with Crippen molar-refractivity contribution in [1.82, 2.24) is 15.2 Å². The van der Waals surface area contributed by atoms with Crippen molar-refractivity contribution in [3.05, 3.63) is 50.9 Å². The van der Waals surface area contributed by atoms with Crippen LogP contribution >= 0.6 is 22.9 Å². The molecule has 0 bridgehead atoms. The van der Waals surface area contributed by atoms with Crippen molar-refractivity contribution in [2.24, 2.45) is 0 Å². The zero-order chi connectivity index (χ0) is 16.2. The second kappa shape index (κ2) is 7.43. The van der Waals surface area contributed by atoms with Crippen LogP contribution in [0.25, 0.3) is 0 Å². The molecule has 1 aromatic carbocycles. The smallest absolute Gasteiger partial charge is 0.266 e. The third kappa shape index (κ3) is 3.57. The highest BCUT2D eigenvalue weighted by Crippen LogP contribution is 2.30. The summed E-state index contributed by atoms with van der Waals surface area (Å²) in [5.41, 5.74) is 0.994. The van der Waals surface area contributed by atoms with Crippen molar-refractivity contribution >= 4 is 28.8 Å². The topological polar surface area (TPSA) is 45.2 Å². The Morgan fingerprint density at radius 1 is 1.48 bits per heavy atom. The third-order valence-electron chi connectivity index (χ3n) is 4.00. The first-order valence-corrected chi connectivity index (χ1v) is 9.11. The molecule has 23 heavy (non-hydrogen) atoms. The number of hydrogen-bond acceptors (Lipinski definition) is 4. The maximum Gasteiger partial charge on any atom is 0.266 e. The number of amides is 1. The van der Waals surface area contributed by atoms with Gasteiger partial charge in [-0.1, -0.05) is 36.7 Å². The number of carbonyl (C=O) groups is 1. The fraction of sp³-hybridized carbons (Fsp3) is 0.412. The number of piperazine rings is 1. The van der Waals surface area contributed by atoms with Gasteiger partial charge in [0.2, 0.25) is 0 Å². The van der Waals surface area contributed by atoms with Crippen molar-refractivity contribution in [3.63, 3.8) is 0 Å². The number of carbonyl (C=O) groups excluding carboxylic acids is 1. The average molecular weight is 350 g/mol. The fourth-order valence-electron chi connectivity index (χ4n) is 2.85. The molecule has 3 rings (SSSR count). The molecule has 4 nitrogen and oxygen atoms in total. The van der Waals surface area contributed by atoms with Gasteiger partial charge in [-0.05, 0) is 24.5 Å². The molecule has 1 aliphatic heterocycles. The largest absolute Gasteiger partial charge is 0.328 e. The number of hydrogen-bond donors (Lipinski definition) is 1. The summed E-state index contributed by atoms with van der Waals surface area (Å²) in [4.78, 5) is 19.9. The zero-order valence-electron chi connectivity index (χ0n) is 13.1. The molecule has 1 N–H and O–H groups in total. The Morgan fingerprint density at radius 2 is 2.30 bits per heavy atom. The molecule has 122 valence electrons. The van der Waals surface area contributed by atoms with Gasteiger partial charge in [0.25, 0.3) is 5.91 Å². The van der Waals surface area contributed by atoms with Crippen molar-refractivity contribution in [2.45, 2.75) is 25.8 Å². The molecule has 6 heteroatoms. The van der Waals surface area contributed by atoms with Crippen LogP contribution in [-0.2, 0) is 6.42 Å². The molecule has 0 aliphatic carbocycles. The third-order valence-corrected chi connectivity index (χ3v) is 5.39. The number of nitrogens with zero attached hydrogens (tertiary/aromatic N) is 2. The normalized spacial score (nSPS) is 18.2. The van der Waals surface area contributed by atoms with E-state index in [1.807, 2.05) is 29.2 Å². The molecular formula is C17H20ClN3OS. The van der Waals surface area contributed by atoms with E-state index in [0.717, 1.165) is 36.5 Å². The summed E-state index contributed by atoms with van der Waals surface area (Å²) in [6.07, 6.45) is 3.67. The van der Waals surface area contributed by atoms with Gasteiger partial charge in [-0.25, -0.2) is 4.98 Å². The Balaban J connectivity index is 1.86. The maximum atomic E-state index is 12.9. The van der Waals surface area contributed by atoms with E-state index in [1.165, 1.54) is 11.3 Å². The van der Waals surface area contributed by atoms with Crippen LogP contribution in [-0.4, -0.2) is 35.4 Å². The number of rotatable bonds is 4. The fourth-order valence-corrected chi connectivity index (χ4v) is 4.09. The standard InChI is InChI=1S/C17H20ClN3OS/c1-2-5-16-20-11-15(23-16)17(22)21-9-8-19-10-14(21)12-6-3-4-7-13(12)18/h3-4,6-7,11,14,19H,2,5,8-10H2,1H3. The Bertz CT molecular complexity index is 688. The molecule has 1 amide bonds. The Morgan fingerprint density at radius 3 is 3.09 bits per heavy atom. The number of nitrogens with one attached hydrogen (secondary N) is 1. The molecule has 1 aliphatic rings. The first-order chi connectivity index (χ1) is 11.2. The second-order valence-electron chi connectivity index (χ2n) is 5.61. The van der Waals surface area contributed by atoms with Gasteiger partial charge in [-0.2, -0.15) is 0 Å². The molecule has 1 aromatic heterocycles. The van der Waals surface area contributed by atoms with Gasteiger partial charge in [0, 0.05) is 24.7 Å². The predicted molar refractivity (Wildman–Crippen MR) is 94.2 cm³/mol. The van der Waals surface area contributed by atoms with E-state index < -0.39 is 0 Å². The summed E-state index contributed by atoms with van der Waals surface area (Å²) < 4.78 is 0. The van der Waals surface area contributed by atoms with Gasteiger partial charge >= 0.3 is 0 Å². The lowest BCUT2D eigenvalue weighted by Gasteiger charge is -2.36. The number of aromatic nitrogens is 1. The van der Waals surface area contributed by atoms with Gasteiger partial charge in [0.1, 0.15) is 4.88 Å². The molecule has 1 fully saturated rings. The van der Waals surface area contributed by atoms with Gasteiger partial charge in [-0.3, -0.25) is 4.79 Å². The molecule has 2 aromatic rings. The van der Waals surface area contributed by atoms with Crippen LogP contribution in [0.5, 0.6) is 0 Å². The van der Waals surface area contributed by atoms with Gasteiger partial charge in [-0.15, -0.1) is 11.3 Å². The zero-order valence-corrected chi connectivity index (χ0v) is 14.7. The summed E-state index contributed by atoms with van der Waals surface area (Å²) in [7, 11) is 0. The average Bonchev–Trinajstić information content (AvgIpc) is 3.04. The maximum absolute atomic E-state index is 12.9. The van der Waals surface area contributed by atoms with Crippen LogP contribution < -0.4 is 5.32 Å². The highest BCUT2D eigenvalue weighted by atomic mass is 35.5. The minimum absolute atomic E-state index is 0.0401. The van der Waals surface area contributed by atoms with E-state index in [0.29, 0.717) is 16.4 Å². The highest BCUT2D eigenvalue weighted by molar-refractivity contribution is 7.13. The lowest BCUT2D eigenvalue weighted by atomic mass is 10.0. The Labute approximate surface area is 145 Å². The van der Waals surface area contributed by atoms with E-state index in [9.17, 15) is 4.79 Å². The molecule has 2 heterocycles.